The standard InChI is InChI=1S/C20H21N7O2/c1-4-27-16(28)9-14(17(27)15-10-23-26(3)11(15)2)20-24-19(25-29-20)13-6-8-22-18-12(13)5-7-21-18/h5-8,10,14,17H,4,9H2,1-3H3,(H,21,22)/t14-,17-/m0/s1. The summed E-state index contributed by atoms with van der Waals surface area (Å²) in [5.74, 6) is 0.840. The zero-order valence-electron chi connectivity index (χ0n) is 16.5. The fourth-order valence-corrected chi connectivity index (χ4v) is 4.23. The third-order valence-corrected chi connectivity index (χ3v) is 5.82. The molecule has 0 aromatic carbocycles. The number of likely N-dealkylation sites (tertiary alicyclic amines) is 1. The lowest BCUT2D eigenvalue weighted by molar-refractivity contribution is -0.128. The van der Waals surface area contributed by atoms with Crippen LogP contribution >= 0.6 is 0 Å². The Hall–Kier alpha value is -3.49. The summed E-state index contributed by atoms with van der Waals surface area (Å²) < 4.78 is 7.49. The summed E-state index contributed by atoms with van der Waals surface area (Å²) in [4.78, 5) is 26.7. The van der Waals surface area contributed by atoms with Crippen LogP contribution in [0.4, 0.5) is 0 Å². The van der Waals surface area contributed by atoms with Gasteiger partial charge in [0, 0.05) is 54.6 Å². The van der Waals surface area contributed by atoms with E-state index in [4.69, 9.17) is 4.52 Å². The Morgan fingerprint density at radius 2 is 2.21 bits per heavy atom. The second-order valence-corrected chi connectivity index (χ2v) is 7.30. The molecule has 4 aromatic rings. The summed E-state index contributed by atoms with van der Waals surface area (Å²) in [5.41, 5.74) is 3.65. The number of nitrogens with one attached hydrogen (secondary N) is 1. The zero-order valence-corrected chi connectivity index (χ0v) is 16.5. The molecule has 1 saturated heterocycles. The molecule has 9 heteroatoms. The number of amides is 1. The Morgan fingerprint density at radius 3 is 2.97 bits per heavy atom. The fraction of sp³-hybridized carbons (Fsp3) is 0.350. The molecule has 1 N–H and O–H groups in total. The highest BCUT2D eigenvalue weighted by Crippen LogP contribution is 2.45. The van der Waals surface area contributed by atoms with Crippen LogP contribution in [-0.2, 0) is 11.8 Å². The molecule has 0 unspecified atom stereocenters. The number of pyridine rings is 1. The maximum atomic E-state index is 12.7. The zero-order chi connectivity index (χ0) is 20.1. The summed E-state index contributed by atoms with van der Waals surface area (Å²) in [6.07, 6.45) is 5.71. The van der Waals surface area contributed by atoms with E-state index >= 15 is 0 Å². The average molecular weight is 391 g/mol. The molecule has 9 nitrogen and oxygen atoms in total. The van der Waals surface area contributed by atoms with Crippen molar-refractivity contribution in [2.24, 2.45) is 7.05 Å². The highest BCUT2D eigenvalue weighted by Gasteiger charge is 2.45. The van der Waals surface area contributed by atoms with Gasteiger partial charge in [0.2, 0.25) is 17.6 Å². The minimum absolute atomic E-state index is 0.0856. The number of aryl methyl sites for hydroxylation is 1. The molecule has 0 saturated carbocycles. The SMILES string of the molecule is CCN1C(=O)C[C@H](c2nc(-c3ccnc4[nH]ccc34)no2)[C@H]1c1cnn(C)c1C. The van der Waals surface area contributed by atoms with Crippen LogP contribution < -0.4 is 0 Å². The van der Waals surface area contributed by atoms with E-state index in [-0.39, 0.29) is 17.9 Å². The van der Waals surface area contributed by atoms with E-state index in [0.29, 0.717) is 24.7 Å². The quantitative estimate of drug-likeness (QED) is 0.573. The summed E-state index contributed by atoms with van der Waals surface area (Å²) in [6, 6.07) is 3.64. The number of carbonyl (C=O) groups is 1. The van der Waals surface area contributed by atoms with E-state index in [9.17, 15) is 4.79 Å². The van der Waals surface area contributed by atoms with Crippen LogP contribution in [0.5, 0.6) is 0 Å². The highest BCUT2D eigenvalue weighted by molar-refractivity contribution is 5.90. The van der Waals surface area contributed by atoms with Crippen LogP contribution in [0.15, 0.2) is 35.2 Å². The molecule has 1 aliphatic heterocycles. The normalized spacial score (nSPS) is 19.6. The smallest absolute Gasteiger partial charge is 0.233 e. The first-order chi connectivity index (χ1) is 14.1. The number of carbonyl (C=O) groups excluding carboxylic acids is 1. The first-order valence-corrected chi connectivity index (χ1v) is 9.62. The summed E-state index contributed by atoms with van der Waals surface area (Å²) in [6.45, 7) is 4.61. The van der Waals surface area contributed by atoms with Crippen molar-refractivity contribution in [3.8, 4) is 11.4 Å². The molecule has 0 spiro atoms. The number of fused-ring (bicyclic) bond motifs is 1. The van der Waals surface area contributed by atoms with Gasteiger partial charge < -0.3 is 14.4 Å². The van der Waals surface area contributed by atoms with Gasteiger partial charge in [0.15, 0.2) is 0 Å². The Bertz CT molecular complexity index is 1200. The van der Waals surface area contributed by atoms with Gasteiger partial charge >= 0.3 is 0 Å². The van der Waals surface area contributed by atoms with E-state index in [2.05, 4.69) is 25.2 Å². The Balaban J connectivity index is 1.57. The van der Waals surface area contributed by atoms with Crippen LogP contribution in [0.1, 0.15) is 42.5 Å². The van der Waals surface area contributed by atoms with Crippen molar-refractivity contribution >= 4 is 16.9 Å². The number of H-pyrrole nitrogens is 1. The second kappa shape index (κ2) is 6.54. The predicted molar refractivity (Wildman–Crippen MR) is 105 cm³/mol. The minimum atomic E-state index is -0.213. The Kier molecular flexibility index (Phi) is 3.97. The summed E-state index contributed by atoms with van der Waals surface area (Å²) in [5, 5.41) is 9.51. The topological polar surface area (TPSA) is 106 Å². The van der Waals surface area contributed by atoms with Crippen molar-refractivity contribution < 1.29 is 9.32 Å². The number of likely N-dealkylation sites (N-methyl/N-ethyl adjacent to an activating group) is 1. The maximum Gasteiger partial charge on any atom is 0.233 e. The minimum Gasteiger partial charge on any atom is -0.346 e. The largest absolute Gasteiger partial charge is 0.346 e. The third-order valence-electron chi connectivity index (χ3n) is 5.82. The van der Waals surface area contributed by atoms with E-state index in [0.717, 1.165) is 27.9 Å². The first kappa shape index (κ1) is 17.6. The number of rotatable bonds is 4. The third kappa shape index (κ3) is 2.65. The molecule has 2 atom stereocenters. The van der Waals surface area contributed by atoms with Gasteiger partial charge in [0.1, 0.15) is 5.65 Å². The number of aromatic amines is 1. The summed E-state index contributed by atoms with van der Waals surface area (Å²) >= 11 is 0. The van der Waals surface area contributed by atoms with Gasteiger partial charge in [0.05, 0.1) is 18.2 Å². The fourth-order valence-electron chi connectivity index (χ4n) is 4.23. The molecular weight excluding hydrogens is 370 g/mol. The second-order valence-electron chi connectivity index (χ2n) is 7.30. The molecule has 0 radical (unpaired) electrons. The lowest BCUT2D eigenvalue weighted by atomic mass is 9.94. The number of hydrogen-bond donors (Lipinski definition) is 1. The summed E-state index contributed by atoms with van der Waals surface area (Å²) in [7, 11) is 1.90. The van der Waals surface area contributed by atoms with Crippen molar-refractivity contribution in [2.75, 3.05) is 6.54 Å². The van der Waals surface area contributed by atoms with Gasteiger partial charge in [-0.2, -0.15) is 10.1 Å². The molecule has 1 aliphatic rings. The molecule has 29 heavy (non-hydrogen) atoms. The monoisotopic (exact) mass is 391 g/mol. The van der Waals surface area contributed by atoms with Crippen LogP contribution in [0.25, 0.3) is 22.4 Å². The van der Waals surface area contributed by atoms with Gasteiger partial charge in [-0.05, 0) is 26.0 Å². The van der Waals surface area contributed by atoms with Crippen LogP contribution in [0.2, 0.25) is 0 Å². The van der Waals surface area contributed by atoms with E-state index < -0.39 is 0 Å². The van der Waals surface area contributed by atoms with Crippen molar-refractivity contribution in [1.82, 2.24) is 34.8 Å². The Labute approximate surface area is 166 Å². The average Bonchev–Trinajstić information content (AvgIpc) is 3.49. The maximum absolute atomic E-state index is 12.7. The molecule has 1 amide bonds. The van der Waals surface area contributed by atoms with Crippen LogP contribution in [0, 0.1) is 6.92 Å². The van der Waals surface area contributed by atoms with Gasteiger partial charge in [-0.3, -0.25) is 9.48 Å². The lowest BCUT2D eigenvalue weighted by Gasteiger charge is -2.25. The lowest BCUT2D eigenvalue weighted by Crippen LogP contribution is -2.28. The van der Waals surface area contributed by atoms with Gasteiger partial charge in [-0.1, -0.05) is 5.16 Å². The number of aromatic nitrogens is 6. The van der Waals surface area contributed by atoms with Gasteiger partial charge in [0.25, 0.3) is 0 Å². The molecule has 0 aliphatic carbocycles. The molecule has 148 valence electrons. The van der Waals surface area contributed by atoms with Crippen molar-refractivity contribution in [2.45, 2.75) is 32.2 Å². The molecule has 0 bridgehead atoms. The van der Waals surface area contributed by atoms with Crippen molar-refractivity contribution in [3.05, 3.63) is 47.9 Å². The van der Waals surface area contributed by atoms with E-state index in [1.807, 2.05) is 55.0 Å². The van der Waals surface area contributed by atoms with Gasteiger partial charge in [-0.15, -0.1) is 0 Å². The van der Waals surface area contributed by atoms with Crippen LogP contribution in [0.3, 0.4) is 0 Å². The molecule has 1 fully saturated rings. The van der Waals surface area contributed by atoms with Crippen molar-refractivity contribution in [1.29, 1.82) is 0 Å². The first-order valence-electron chi connectivity index (χ1n) is 9.62. The number of hydrogen-bond acceptors (Lipinski definition) is 6. The van der Waals surface area contributed by atoms with E-state index in [1.54, 1.807) is 6.20 Å². The van der Waals surface area contributed by atoms with E-state index in [1.165, 1.54) is 0 Å². The molecule has 5 rings (SSSR count). The number of nitrogens with zero attached hydrogens (tertiary/aromatic N) is 6. The molecule has 5 heterocycles. The molecule has 4 aromatic heterocycles. The highest BCUT2D eigenvalue weighted by atomic mass is 16.5. The van der Waals surface area contributed by atoms with Crippen LogP contribution in [-0.4, -0.2) is 47.2 Å². The van der Waals surface area contributed by atoms with Gasteiger partial charge in [-0.25, -0.2) is 4.98 Å². The Morgan fingerprint density at radius 1 is 1.34 bits per heavy atom. The van der Waals surface area contributed by atoms with Crippen molar-refractivity contribution in [3.63, 3.8) is 0 Å². The predicted octanol–water partition coefficient (Wildman–Crippen LogP) is 2.73. The molecular formula is C20H21N7O2.